The summed E-state index contributed by atoms with van der Waals surface area (Å²) in [4.78, 5) is 26.4. The summed E-state index contributed by atoms with van der Waals surface area (Å²) in [5.41, 5.74) is 1.31. The van der Waals surface area contributed by atoms with E-state index in [0.717, 1.165) is 43.0 Å². The minimum atomic E-state index is -1.09. The lowest BCUT2D eigenvalue weighted by Crippen LogP contribution is -2.42. The molecule has 4 rings (SSSR count). The summed E-state index contributed by atoms with van der Waals surface area (Å²) in [7, 11) is 0. The van der Waals surface area contributed by atoms with E-state index in [4.69, 9.17) is 21.4 Å². The van der Waals surface area contributed by atoms with Crippen molar-refractivity contribution in [3.63, 3.8) is 0 Å². The SMILES string of the molecule is CC(C)CN(c1ccc(OCC(=O)O)cc1NC(=O)Nc1ccc(Cl)cc1F)C1CCC(C2CCC2)CC1. The Morgan fingerprint density at radius 3 is 2.32 bits per heavy atom. The first kappa shape index (κ1) is 28.0. The van der Waals surface area contributed by atoms with Crippen LogP contribution in [0, 0.1) is 23.6 Å². The first-order valence-corrected chi connectivity index (χ1v) is 13.9. The molecule has 0 atom stereocenters. The van der Waals surface area contributed by atoms with Crippen molar-refractivity contribution >= 4 is 40.7 Å². The van der Waals surface area contributed by atoms with E-state index >= 15 is 0 Å². The van der Waals surface area contributed by atoms with Crippen molar-refractivity contribution in [3.05, 3.63) is 47.2 Å². The highest BCUT2D eigenvalue weighted by Gasteiger charge is 2.33. The second-order valence-electron chi connectivity index (χ2n) is 10.9. The predicted octanol–water partition coefficient (Wildman–Crippen LogP) is 7.41. The van der Waals surface area contributed by atoms with Gasteiger partial charge in [0.15, 0.2) is 6.61 Å². The molecule has 0 bridgehead atoms. The van der Waals surface area contributed by atoms with Crippen molar-refractivity contribution in [3.8, 4) is 5.75 Å². The molecule has 7 nitrogen and oxygen atoms in total. The Morgan fingerprint density at radius 1 is 1.03 bits per heavy atom. The number of hydrogen-bond donors (Lipinski definition) is 3. The van der Waals surface area contributed by atoms with Crippen LogP contribution in [0.1, 0.15) is 58.8 Å². The van der Waals surface area contributed by atoms with E-state index in [9.17, 15) is 14.0 Å². The third-order valence-corrected chi connectivity index (χ3v) is 7.86. The van der Waals surface area contributed by atoms with Crippen LogP contribution in [0.15, 0.2) is 36.4 Å². The maximum absolute atomic E-state index is 14.3. The molecule has 0 heterocycles. The fourth-order valence-electron chi connectivity index (χ4n) is 5.60. The number of nitrogens with zero attached hydrogens (tertiary/aromatic N) is 1. The van der Waals surface area contributed by atoms with Gasteiger partial charge in [0.1, 0.15) is 11.6 Å². The van der Waals surface area contributed by atoms with Crippen molar-refractivity contribution in [1.29, 1.82) is 0 Å². The van der Waals surface area contributed by atoms with E-state index in [2.05, 4.69) is 29.4 Å². The van der Waals surface area contributed by atoms with Gasteiger partial charge in [0.2, 0.25) is 0 Å². The number of aliphatic carboxylic acids is 1. The maximum atomic E-state index is 14.3. The number of halogens is 2. The van der Waals surface area contributed by atoms with E-state index < -0.39 is 24.4 Å². The van der Waals surface area contributed by atoms with E-state index in [0.29, 0.717) is 23.4 Å². The summed E-state index contributed by atoms with van der Waals surface area (Å²) in [6.45, 7) is 4.64. The summed E-state index contributed by atoms with van der Waals surface area (Å²) in [5, 5.41) is 14.7. The van der Waals surface area contributed by atoms with E-state index in [1.807, 2.05) is 6.07 Å². The van der Waals surface area contributed by atoms with Crippen LogP contribution in [0.2, 0.25) is 5.02 Å². The van der Waals surface area contributed by atoms with Crippen molar-refractivity contribution in [2.45, 2.75) is 64.8 Å². The van der Waals surface area contributed by atoms with Crippen LogP contribution in [0.25, 0.3) is 0 Å². The summed E-state index contributed by atoms with van der Waals surface area (Å²) < 4.78 is 19.7. The molecule has 0 aromatic heterocycles. The van der Waals surface area contributed by atoms with Gasteiger partial charge in [-0.1, -0.05) is 44.7 Å². The highest BCUT2D eigenvalue weighted by molar-refractivity contribution is 6.30. The molecule has 38 heavy (non-hydrogen) atoms. The number of rotatable bonds is 10. The van der Waals surface area contributed by atoms with Crippen LogP contribution in [-0.2, 0) is 4.79 Å². The summed E-state index contributed by atoms with van der Waals surface area (Å²) in [6.07, 6.45) is 8.68. The number of amides is 2. The molecule has 0 aliphatic heterocycles. The number of carboxylic acids is 1. The summed E-state index contributed by atoms with van der Waals surface area (Å²) in [6, 6.07) is 8.96. The van der Waals surface area contributed by atoms with Gasteiger partial charge >= 0.3 is 12.0 Å². The first-order valence-electron chi connectivity index (χ1n) is 13.5. The van der Waals surface area contributed by atoms with Gasteiger partial charge in [-0.15, -0.1) is 0 Å². The monoisotopic (exact) mass is 545 g/mol. The average molecular weight is 546 g/mol. The number of ether oxygens (including phenoxy) is 1. The fourth-order valence-corrected chi connectivity index (χ4v) is 5.76. The lowest BCUT2D eigenvalue weighted by molar-refractivity contribution is -0.139. The molecular formula is C29H37ClFN3O4. The second kappa shape index (κ2) is 12.7. The number of urea groups is 1. The Bertz CT molecular complexity index is 1130. The van der Waals surface area contributed by atoms with Gasteiger partial charge in [0, 0.05) is 23.7 Å². The number of carboxylic acid groups (broad SMARTS) is 1. The Balaban J connectivity index is 1.57. The molecule has 0 radical (unpaired) electrons. The normalized spacial score (nSPS) is 19.5. The molecule has 2 fully saturated rings. The lowest BCUT2D eigenvalue weighted by atomic mass is 9.69. The van der Waals surface area contributed by atoms with Crippen LogP contribution in [0.5, 0.6) is 5.75 Å². The number of anilines is 3. The smallest absolute Gasteiger partial charge is 0.341 e. The third-order valence-electron chi connectivity index (χ3n) is 7.63. The zero-order valence-corrected chi connectivity index (χ0v) is 22.8. The van der Waals surface area contributed by atoms with Crippen molar-refractivity contribution in [2.24, 2.45) is 17.8 Å². The quantitative estimate of drug-likeness (QED) is 0.289. The van der Waals surface area contributed by atoms with Crippen LogP contribution >= 0.6 is 11.6 Å². The van der Waals surface area contributed by atoms with E-state index in [1.165, 1.54) is 44.2 Å². The Morgan fingerprint density at radius 2 is 1.71 bits per heavy atom. The Labute approximate surface area is 228 Å². The average Bonchev–Trinajstić information content (AvgIpc) is 2.83. The van der Waals surface area contributed by atoms with Gasteiger partial charge in [0.25, 0.3) is 0 Å². The number of hydrogen-bond acceptors (Lipinski definition) is 4. The third kappa shape index (κ3) is 7.31. The largest absolute Gasteiger partial charge is 0.482 e. The lowest BCUT2D eigenvalue weighted by Gasteiger charge is -2.43. The van der Waals surface area contributed by atoms with Gasteiger partial charge in [-0.2, -0.15) is 0 Å². The maximum Gasteiger partial charge on any atom is 0.341 e. The minimum absolute atomic E-state index is 0.0000787. The molecule has 2 amide bonds. The van der Waals surface area contributed by atoms with Crippen LogP contribution in [0.3, 0.4) is 0 Å². The summed E-state index contributed by atoms with van der Waals surface area (Å²) >= 11 is 5.83. The number of carbonyl (C=O) groups excluding carboxylic acids is 1. The zero-order valence-electron chi connectivity index (χ0n) is 22.0. The fraction of sp³-hybridized carbons (Fsp3) is 0.517. The van der Waals surface area contributed by atoms with Crippen molar-refractivity contribution in [2.75, 3.05) is 28.7 Å². The second-order valence-corrected chi connectivity index (χ2v) is 11.3. The van der Waals surface area contributed by atoms with Crippen LogP contribution in [-0.4, -0.2) is 36.3 Å². The van der Waals surface area contributed by atoms with Crippen molar-refractivity contribution in [1.82, 2.24) is 0 Å². The topological polar surface area (TPSA) is 90.9 Å². The van der Waals surface area contributed by atoms with Gasteiger partial charge in [-0.3, -0.25) is 0 Å². The summed E-state index contributed by atoms with van der Waals surface area (Å²) in [5.74, 6) is 0.661. The molecule has 2 aliphatic carbocycles. The molecule has 0 spiro atoms. The molecule has 2 aromatic carbocycles. The van der Waals surface area contributed by atoms with Gasteiger partial charge in [-0.05, 0) is 73.8 Å². The number of nitrogens with one attached hydrogen (secondary N) is 2. The van der Waals surface area contributed by atoms with E-state index in [1.54, 1.807) is 12.1 Å². The predicted molar refractivity (Wildman–Crippen MR) is 149 cm³/mol. The van der Waals surface area contributed by atoms with E-state index in [-0.39, 0.29) is 10.7 Å². The molecule has 0 unspecified atom stereocenters. The number of carbonyl (C=O) groups is 2. The molecular weight excluding hydrogens is 509 g/mol. The molecule has 2 saturated carbocycles. The Hall–Kier alpha value is -3.00. The van der Waals surface area contributed by atoms with Gasteiger partial charge < -0.3 is 25.4 Å². The Kier molecular flexibility index (Phi) is 9.36. The highest BCUT2D eigenvalue weighted by Crippen LogP contribution is 2.43. The standard InChI is InChI=1S/C29H37ClFN3O4/c1-18(2)16-34(22-9-6-20(7-10-22)19-4-3-5-19)27-13-11-23(38-17-28(35)36)15-26(27)33-29(37)32-25-12-8-21(30)14-24(25)31/h8,11-15,18-20,22H,3-7,9-10,16-17H2,1-2H3,(H,35,36)(H2,32,33,37). The van der Waals surface area contributed by atoms with Gasteiger partial charge in [0.05, 0.1) is 17.1 Å². The molecule has 0 saturated heterocycles. The minimum Gasteiger partial charge on any atom is -0.482 e. The molecule has 206 valence electrons. The molecule has 2 aliphatic rings. The molecule has 3 N–H and O–H groups in total. The molecule has 9 heteroatoms. The highest BCUT2D eigenvalue weighted by atomic mass is 35.5. The molecule has 2 aromatic rings. The van der Waals surface area contributed by atoms with Crippen LogP contribution < -0.4 is 20.3 Å². The van der Waals surface area contributed by atoms with Gasteiger partial charge in [-0.25, -0.2) is 14.0 Å². The first-order chi connectivity index (χ1) is 18.2. The van der Waals surface area contributed by atoms with Crippen molar-refractivity contribution < 1.29 is 23.8 Å². The zero-order chi connectivity index (χ0) is 27.2. The number of benzene rings is 2. The van der Waals surface area contributed by atoms with Crippen LogP contribution in [0.4, 0.5) is 26.2 Å².